The van der Waals surface area contributed by atoms with E-state index in [0.29, 0.717) is 18.0 Å². The van der Waals surface area contributed by atoms with Gasteiger partial charge in [0.25, 0.3) is 0 Å². The number of anilines is 1. The van der Waals surface area contributed by atoms with Gasteiger partial charge in [-0.2, -0.15) is 0 Å². The molecule has 0 aliphatic carbocycles. The summed E-state index contributed by atoms with van der Waals surface area (Å²) >= 11 is 5.45. The van der Waals surface area contributed by atoms with Crippen molar-refractivity contribution in [2.24, 2.45) is 0 Å². The summed E-state index contributed by atoms with van der Waals surface area (Å²) in [6.07, 6.45) is 0. The second-order valence-corrected chi connectivity index (χ2v) is 4.75. The quantitative estimate of drug-likeness (QED) is 0.851. The topological polar surface area (TPSA) is 38.3 Å². The van der Waals surface area contributed by atoms with Crippen LogP contribution in [0.2, 0.25) is 0 Å². The number of aryl methyl sites for hydroxylation is 1. The second-order valence-electron chi connectivity index (χ2n) is 4.48. The van der Waals surface area contributed by atoms with E-state index < -0.39 is 0 Å². The van der Waals surface area contributed by atoms with E-state index in [1.165, 1.54) is 5.56 Å². The molecule has 1 amide bonds. The predicted octanol–water partition coefficient (Wildman–Crippen LogP) is 3.75. The van der Waals surface area contributed by atoms with Crippen LogP contribution in [0.15, 0.2) is 48.5 Å². The fourth-order valence-electron chi connectivity index (χ4n) is 1.71. The van der Waals surface area contributed by atoms with Crippen LogP contribution in [0, 0.1) is 6.92 Å². The largest absolute Gasteiger partial charge is 0.489 e. The third-order valence-corrected chi connectivity index (χ3v) is 3.01. The van der Waals surface area contributed by atoms with Crippen molar-refractivity contribution < 1.29 is 9.53 Å². The Morgan fingerprint density at radius 1 is 1.20 bits per heavy atom. The number of amides is 1. The van der Waals surface area contributed by atoms with Gasteiger partial charge in [0.05, 0.1) is 0 Å². The van der Waals surface area contributed by atoms with Gasteiger partial charge in [-0.3, -0.25) is 4.79 Å². The van der Waals surface area contributed by atoms with Gasteiger partial charge in [-0.15, -0.1) is 11.6 Å². The summed E-state index contributed by atoms with van der Waals surface area (Å²) in [4.78, 5) is 11.2. The van der Waals surface area contributed by atoms with E-state index in [0.717, 1.165) is 5.56 Å². The van der Waals surface area contributed by atoms with Crippen LogP contribution in [0.1, 0.15) is 11.1 Å². The number of rotatable bonds is 5. The van der Waals surface area contributed by atoms with E-state index in [1.54, 1.807) is 12.1 Å². The van der Waals surface area contributed by atoms with Crippen molar-refractivity contribution in [2.75, 3.05) is 11.2 Å². The minimum absolute atomic E-state index is 0.0611. The molecular weight excluding hydrogens is 274 g/mol. The molecule has 2 aromatic rings. The predicted molar refractivity (Wildman–Crippen MR) is 81.3 cm³/mol. The van der Waals surface area contributed by atoms with E-state index >= 15 is 0 Å². The van der Waals surface area contributed by atoms with E-state index in [9.17, 15) is 4.79 Å². The third-order valence-electron chi connectivity index (χ3n) is 2.77. The van der Waals surface area contributed by atoms with Crippen LogP contribution >= 0.6 is 11.6 Å². The number of nitrogens with one attached hydrogen (secondary N) is 1. The van der Waals surface area contributed by atoms with Crippen molar-refractivity contribution in [3.8, 4) is 5.75 Å². The first kappa shape index (κ1) is 14.4. The van der Waals surface area contributed by atoms with E-state index in [-0.39, 0.29) is 11.8 Å². The number of carbonyl (C=O) groups is 1. The highest BCUT2D eigenvalue weighted by Crippen LogP contribution is 2.18. The van der Waals surface area contributed by atoms with Crippen LogP contribution < -0.4 is 10.1 Å². The Bertz CT molecular complexity index is 581. The number of alkyl halides is 1. The zero-order valence-electron chi connectivity index (χ0n) is 11.2. The van der Waals surface area contributed by atoms with Crippen molar-refractivity contribution in [2.45, 2.75) is 13.5 Å². The Morgan fingerprint density at radius 2 is 1.95 bits per heavy atom. The van der Waals surface area contributed by atoms with Crippen LogP contribution in [-0.2, 0) is 11.4 Å². The lowest BCUT2D eigenvalue weighted by Crippen LogP contribution is -2.12. The minimum Gasteiger partial charge on any atom is -0.489 e. The molecule has 0 aliphatic rings. The minimum atomic E-state index is -0.234. The van der Waals surface area contributed by atoms with E-state index in [1.807, 2.05) is 31.2 Å². The van der Waals surface area contributed by atoms with Crippen molar-refractivity contribution in [3.63, 3.8) is 0 Å². The van der Waals surface area contributed by atoms with Gasteiger partial charge in [0, 0.05) is 11.8 Å². The molecule has 0 bridgehead atoms. The van der Waals surface area contributed by atoms with E-state index in [2.05, 4.69) is 17.4 Å². The van der Waals surface area contributed by atoms with Gasteiger partial charge in [0.1, 0.15) is 18.2 Å². The zero-order valence-corrected chi connectivity index (χ0v) is 12.0. The van der Waals surface area contributed by atoms with Gasteiger partial charge >= 0.3 is 0 Å². The molecule has 20 heavy (non-hydrogen) atoms. The van der Waals surface area contributed by atoms with Crippen LogP contribution in [-0.4, -0.2) is 11.8 Å². The average molecular weight is 290 g/mol. The highest BCUT2D eigenvalue weighted by atomic mass is 35.5. The lowest BCUT2D eigenvalue weighted by molar-refractivity contribution is -0.113. The summed E-state index contributed by atoms with van der Waals surface area (Å²) in [5.74, 6) is 0.411. The highest BCUT2D eigenvalue weighted by molar-refractivity contribution is 6.29. The number of halogens is 1. The van der Waals surface area contributed by atoms with Gasteiger partial charge in [-0.25, -0.2) is 0 Å². The monoisotopic (exact) mass is 289 g/mol. The molecular formula is C16H16ClNO2. The molecule has 0 aromatic heterocycles. The number of benzene rings is 2. The first-order valence-electron chi connectivity index (χ1n) is 6.31. The Morgan fingerprint density at radius 3 is 2.65 bits per heavy atom. The van der Waals surface area contributed by atoms with Crippen molar-refractivity contribution in [3.05, 3.63) is 59.7 Å². The standard InChI is InChI=1S/C16H16ClNO2/c1-12-5-7-13(8-6-12)11-20-15-4-2-3-14(9-15)18-16(19)10-17/h2-9H,10-11H2,1H3,(H,18,19). The van der Waals surface area contributed by atoms with Gasteiger partial charge in [-0.05, 0) is 24.6 Å². The molecule has 0 saturated heterocycles. The van der Waals surface area contributed by atoms with Crippen molar-refractivity contribution in [1.82, 2.24) is 0 Å². The fourth-order valence-corrected chi connectivity index (χ4v) is 1.78. The molecule has 104 valence electrons. The van der Waals surface area contributed by atoms with Crippen molar-refractivity contribution in [1.29, 1.82) is 0 Å². The first-order valence-corrected chi connectivity index (χ1v) is 6.85. The van der Waals surface area contributed by atoms with Crippen LogP contribution in [0.5, 0.6) is 5.75 Å². The molecule has 0 spiro atoms. The van der Waals surface area contributed by atoms with Crippen molar-refractivity contribution >= 4 is 23.2 Å². The average Bonchev–Trinajstić information content (AvgIpc) is 2.47. The molecule has 2 aromatic carbocycles. The number of ether oxygens (including phenoxy) is 1. The van der Waals surface area contributed by atoms with Crippen LogP contribution in [0.3, 0.4) is 0 Å². The van der Waals surface area contributed by atoms with E-state index in [4.69, 9.17) is 16.3 Å². The molecule has 0 radical (unpaired) electrons. The normalized spacial score (nSPS) is 10.1. The first-order chi connectivity index (χ1) is 9.67. The van der Waals surface area contributed by atoms with Crippen LogP contribution in [0.25, 0.3) is 0 Å². The molecule has 0 atom stereocenters. The Balaban J connectivity index is 1.97. The zero-order chi connectivity index (χ0) is 14.4. The fraction of sp³-hybridized carbons (Fsp3) is 0.188. The maximum atomic E-state index is 11.2. The number of hydrogen-bond donors (Lipinski definition) is 1. The molecule has 1 N–H and O–H groups in total. The third kappa shape index (κ3) is 4.28. The summed E-state index contributed by atoms with van der Waals surface area (Å²) in [5.41, 5.74) is 3.00. The molecule has 3 nitrogen and oxygen atoms in total. The van der Waals surface area contributed by atoms with Crippen LogP contribution in [0.4, 0.5) is 5.69 Å². The Kier molecular flexibility index (Phi) is 5.02. The summed E-state index contributed by atoms with van der Waals surface area (Å²) in [5, 5.41) is 2.69. The van der Waals surface area contributed by atoms with Gasteiger partial charge < -0.3 is 10.1 Å². The lowest BCUT2D eigenvalue weighted by Gasteiger charge is -2.09. The van der Waals surface area contributed by atoms with Gasteiger partial charge in [-0.1, -0.05) is 35.9 Å². The summed E-state index contributed by atoms with van der Waals surface area (Å²) in [6.45, 7) is 2.54. The van der Waals surface area contributed by atoms with Gasteiger partial charge in [0.15, 0.2) is 0 Å². The summed E-state index contributed by atoms with van der Waals surface area (Å²) in [6, 6.07) is 15.4. The maximum Gasteiger partial charge on any atom is 0.239 e. The molecule has 0 saturated carbocycles. The molecule has 0 aliphatic heterocycles. The highest BCUT2D eigenvalue weighted by Gasteiger charge is 2.02. The Hall–Kier alpha value is -2.00. The number of carbonyl (C=O) groups excluding carboxylic acids is 1. The summed E-state index contributed by atoms with van der Waals surface area (Å²) in [7, 11) is 0. The smallest absolute Gasteiger partial charge is 0.239 e. The SMILES string of the molecule is Cc1ccc(COc2cccc(NC(=O)CCl)c2)cc1. The molecule has 0 heterocycles. The summed E-state index contributed by atoms with van der Waals surface area (Å²) < 4.78 is 5.70. The molecule has 2 rings (SSSR count). The maximum absolute atomic E-state index is 11.2. The molecule has 0 fully saturated rings. The number of hydrogen-bond acceptors (Lipinski definition) is 2. The Labute approximate surface area is 123 Å². The molecule has 0 unspecified atom stereocenters. The lowest BCUT2D eigenvalue weighted by atomic mass is 10.2. The molecule has 4 heteroatoms. The second kappa shape index (κ2) is 6.96. The van der Waals surface area contributed by atoms with Gasteiger partial charge in [0.2, 0.25) is 5.91 Å².